The highest BCUT2D eigenvalue weighted by Crippen LogP contribution is 2.06. The van der Waals surface area contributed by atoms with Gasteiger partial charge < -0.3 is 10.4 Å². The number of rotatable bonds is 6. The lowest BCUT2D eigenvalue weighted by atomic mass is 10.1. The van der Waals surface area contributed by atoms with Crippen LogP contribution in [-0.4, -0.2) is 26.7 Å². The first-order valence-electron chi connectivity index (χ1n) is 6.04. The SMILES string of the molecule is Cc1ccccc1CNCc1cn(CCO)nn1. The van der Waals surface area contributed by atoms with Crippen molar-refractivity contribution in [2.75, 3.05) is 6.61 Å². The molecular formula is C13H18N4O. The molecular weight excluding hydrogens is 228 g/mol. The number of hydrogen-bond acceptors (Lipinski definition) is 4. The number of nitrogens with zero attached hydrogens (tertiary/aromatic N) is 3. The van der Waals surface area contributed by atoms with Gasteiger partial charge >= 0.3 is 0 Å². The highest BCUT2D eigenvalue weighted by Gasteiger charge is 2.01. The summed E-state index contributed by atoms with van der Waals surface area (Å²) < 4.78 is 1.64. The molecule has 18 heavy (non-hydrogen) atoms. The first-order chi connectivity index (χ1) is 8.79. The lowest BCUT2D eigenvalue weighted by Gasteiger charge is -2.05. The van der Waals surface area contributed by atoms with Gasteiger partial charge in [0.25, 0.3) is 0 Å². The van der Waals surface area contributed by atoms with E-state index in [1.807, 2.05) is 18.3 Å². The summed E-state index contributed by atoms with van der Waals surface area (Å²) in [7, 11) is 0. The van der Waals surface area contributed by atoms with Gasteiger partial charge in [0.2, 0.25) is 0 Å². The Morgan fingerprint density at radius 2 is 2.11 bits per heavy atom. The van der Waals surface area contributed by atoms with Gasteiger partial charge in [-0.05, 0) is 18.1 Å². The summed E-state index contributed by atoms with van der Waals surface area (Å²) in [5.74, 6) is 0. The van der Waals surface area contributed by atoms with Crippen molar-refractivity contribution in [1.29, 1.82) is 0 Å². The molecule has 5 heteroatoms. The summed E-state index contributed by atoms with van der Waals surface area (Å²) in [6, 6.07) is 8.31. The molecule has 0 spiro atoms. The summed E-state index contributed by atoms with van der Waals surface area (Å²) in [5.41, 5.74) is 3.46. The van der Waals surface area contributed by atoms with Crippen LogP contribution in [0.15, 0.2) is 30.5 Å². The zero-order valence-corrected chi connectivity index (χ0v) is 10.5. The predicted molar refractivity (Wildman–Crippen MR) is 68.8 cm³/mol. The molecule has 0 fully saturated rings. The number of aliphatic hydroxyl groups is 1. The van der Waals surface area contributed by atoms with Gasteiger partial charge in [0.1, 0.15) is 0 Å². The minimum absolute atomic E-state index is 0.0828. The van der Waals surface area contributed by atoms with Crippen LogP contribution in [0.5, 0.6) is 0 Å². The van der Waals surface area contributed by atoms with E-state index in [0.29, 0.717) is 13.1 Å². The van der Waals surface area contributed by atoms with E-state index in [-0.39, 0.29) is 6.61 Å². The standard InChI is InChI=1S/C13H18N4O/c1-11-4-2-3-5-12(11)8-14-9-13-10-17(6-7-18)16-15-13/h2-5,10,14,18H,6-9H2,1H3. The van der Waals surface area contributed by atoms with Gasteiger partial charge in [-0.3, -0.25) is 0 Å². The fourth-order valence-electron chi connectivity index (χ4n) is 1.76. The quantitative estimate of drug-likeness (QED) is 0.794. The number of aryl methyl sites for hydroxylation is 1. The van der Waals surface area contributed by atoms with Crippen LogP contribution in [0.1, 0.15) is 16.8 Å². The minimum Gasteiger partial charge on any atom is -0.394 e. The van der Waals surface area contributed by atoms with Gasteiger partial charge in [-0.25, -0.2) is 4.68 Å². The monoisotopic (exact) mass is 246 g/mol. The lowest BCUT2D eigenvalue weighted by Crippen LogP contribution is -2.13. The van der Waals surface area contributed by atoms with Gasteiger partial charge in [0.15, 0.2) is 0 Å². The highest BCUT2D eigenvalue weighted by molar-refractivity contribution is 5.25. The molecule has 2 rings (SSSR count). The molecule has 1 aromatic carbocycles. The van der Waals surface area contributed by atoms with Crippen molar-refractivity contribution in [3.8, 4) is 0 Å². The van der Waals surface area contributed by atoms with E-state index in [1.165, 1.54) is 11.1 Å². The molecule has 2 aromatic rings. The zero-order chi connectivity index (χ0) is 12.8. The van der Waals surface area contributed by atoms with Crippen molar-refractivity contribution in [1.82, 2.24) is 20.3 Å². The third kappa shape index (κ3) is 3.38. The highest BCUT2D eigenvalue weighted by atomic mass is 16.3. The summed E-state index contributed by atoms with van der Waals surface area (Å²) in [4.78, 5) is 0. The topological polar surface area (TPSA) is 63.0 Å². The summed E-state index contributed by atoms with van der Waals surface area (Å²) in [6.45, 7) is 4.18. The molecule has 0 bridgehead atoms. The van der Waals surface area contributed by atoms with Gasteiger partial charge in [-0.15, -0.1) is 5.10 Å². The van der Waals surface area contributed by atoms with Crippen molar-refractivity contribution in [2.24, 2.45) is 0 Å². The number of aromatic nitrogens is 3. The Bertz CT molecular complexity index is 495. The van der Waals surface area contributed by atoms with Gasteiger partial charge in [0.05, 0.1) is 18.8 Å². The largest absolute Gasteiger partial charge is 0.394 e. The molecule has 0 saturated heterocycles. The van der Waals surface area contributed by atoms with Crippen LogP contribution in [0.4, 0.5) is 0 Å². The van der Waals surface area contributed by atoms with Crippen LogP contribution >= 0.6 is 0 Å². The second kappa shape index (κ2) is 6.28. The summed E-state index contributed by atoms with van der Waals surface area (Å²) in [5, 5.41) is 20.1. The molecule has 2 N–H and O–H groups in total. The minimum atomic E-state index is 0.0828. The second-order valence-electron chi connectivity index (χ2n) is 4.23. The molecule has 1 aromatic heterocycles. The van der Waals surface area contributed by atoms with Crippen molar-refractivity contribution in [3.05, 3.63) is 47.3 Å². The first-order valence-corrected chi connectivity index (χ1v) is 6.04. The van der Waals surface area contributed by atoms with Crippen LogP contribution in [-0.2, 0) is 19.6 Å². The summed E-state index contributed by atoms with van der Waals surface area (Å²) in [6.07, 6.45) is 1.85. The molecule has 0 aliphatic heterocycles. The summed E-state index contributed by atoms with van der Waals surface area (Å²) >= 11 is 0. The number of aliphatic hydroxyl groups excluding tert-OH is 1. The van der Waals surface area contributed by atoms with E-state index in [2.05, 4.69) is 34.7 Å². The molecule has 0 saturated carbocycles. The molecule has 5 nitrogen and oxygen atoms in total. The third-order valence-electron chi connectivity index (χ3n) is 2.80. The Morgan fingerprint density at radius 3 is 2.89 bits per heavy atom. The van der Waals surface area contributed by atoms with Crippen molar-refractivity contribution < 1.29 is 5.11 Å². The van der Waals surface area contributed by atoms with Crippen molar-refractivity contribution in [3.63, 3.8) is 0 Å². The fourth-order valence-corrected chi connectivity index (χ4v) is 1.76. The molecule has 0 unspecified atom stereocenters. The van der Waals surface area contributed by atoms with Gasteiger partial charge in [-0.2, -0.15) is 0 Å². The number of nitrogens with one attached hydrogen (secondary N) is 1. The average Bonchev–Trinajstić information content (AvgIpc) is 2.80. The zero-order valence-electron chi connectivity index (χ0n) is 10.5. The lowest BCUT2D eigenvalue weighted by molar-refractivity contribution is 0.268. The maximum atomic E-state index is 8.78. The maximum Gasteiger partial charge on any atom is 0.0964 e. The molecule has 0 aliphatic carbocycles. The maximum absolute atomic E-state index is 8.78. The molecule has 0 aliphatic rings. The van der Waals surface area contributed by atoms with Crippen LogP contribution in [0.2, 0.25) is 0 Å². The first kappa shape index (κ1) is 12.7. The van der Waals surface area contributed by atoms with E-state index >= 15 is 0 Å². The molecule has 1 heterocycles. The Kier molecular flexibility index (Phi) is 4.44. The Hall–Kier alpha value is -1.72. The molecule has 0 radical (unpaired) electrons. The number of hydrogen-bond donors (Lipinski definition) is 2. The van der Waals surface area contributed by atoms with Crippen LogP contribution in [0, 0.1) is 6.92 Å². The van der Waals surface area contributed by atoms with E-state index in [9.17, 15) is 0 Å². The molecule has 0 atom stereocenters. The van der Waals surface area contributed by atoms with Crippen LogP contribution in [0.25, 0.3) is 0 Å². The Morgan fingerprint density at radius 1 is 1.28 bits per heavy atom. The van der Waals surface area contributed by atoms with E-state index in [0.717, 1.165) is 12.2 Å². The normalized spacial score (nSPS) is 10.8. The third-order valence-corrected chi connectivity index (χ3v) is 2.80. The van der Waals surface area contributed by atoms with Crippen molar-refractivity contribution in [2.45, 2.75) is 26.6 Å². The van der Waals surface area contributed by atoms with E-state index in [1.54, 1.807) is 4.68 Å². The predicted octanol–water partition coefficient (Wildman–Crippen LogP) is 0.869. The Labute approximate surface area is 106 Å². The number of benzene rings is 1. The smallest absolute Gasteiger partial charge is 0.0964 e. The molecule has 0 amide bonds. The van der Waals surface area contributed by atoms with E-state index in [4.69, 9.17) is 5.11 Å². The molecule has 96 valence electrons. The van der Waals surface area contributed by atoms with E-state index < -0.39 is 0 Å². The average molecular weight is 246 g/mol. The van der Waals surface area contributed by atoms with Crippen LogP contribution in [0.3, 0.4) is 0 Å². The Balaban J connectivity index is 1.83. The van der Waals surface area contributed by atoms with Gasteiger partial charge in [-0.1, -0.05) is 29.5 Å². The fraction of sp³-hybridized carbons (Fsp3) is 0.385. The second-order valence-corrected chi connectivity index (χ2v) is 4.23. The van der Waals surface area contributed by atoms with Gasteiger partial charge in [0, 0.05) is 19.3 Å². The van der Waals surface area contributed by atoms with Crippen LogP contribution < -0.4 is 5.32 Å². The van der Waals surface area contributed by atoms with Crippen molar-refractivity contribution >= 4 is 0 Å².